The summed E-state index contributed by atoms with van der Waals surface area (Å²) < 4.78 is 7.41. The third kappa shape index (κ3) is 4.83. The lowest BCUT2D eigenvalue weighted by molar-refractivity contribution is -0.113. The van der Waals surface area contributed by atoms with Gasteiger partial charge in [0.25, 0.3) is 0 Å². The van der Waals surface area contributed by atoms with Gasteiger partial charge >= 0.3 is 0 Å². The van der Waals surface area contributed by atoms with E-state index in [1.54, 1.807) is 13.2 Å². The number of fused-ring (bicyclic) bond motifs is 1. The van der Waals surface area contributed by atoms with Gasteiger partial charge in [-0.3, -0.25) is 4.79 Å². The van der Waals surface area contributed by atoms with Crippen molar-refractivity contribution in [3.8, 4) is 5.75 Å². The van der Waals surface area contributed by atoms with Crippen molar-refractivity contribution < 1.29 is 9.53 Å². The van der Waals surface area contributed by atoms with Crippen LogP contribution in [0.15, 0.2) is 84.0 Å². The second kappa shape index (κ2) is 9.50. The number of hydrogen-bond donors (Lipinski definition) is 1. The first-order valence-electron chi connectivity index (χ1n) is 9.79. The van der Waals surface area contributed by atoms with Gasteiger partial charge in [0.1, 0.15) is 5.75 Å². The number of carbonyl (C=O) groups is 1. The number of rotatable bonds is 8. The highest BCUT2D eigenvalue weighted by atomic mass is 32.2. The second-order valence-corrected chi connectivity index (χ2v) is 7.78. The van der Waals surface area contributed by atoms with Gasteiger partial charge in [-0.1, -0.05) is 60.3 Å². The molecule has 0 spiro atoms. The maximum Gasteiger partial charge on any atom is 0.234 e. The van der Waals surface area contributed by atoms with E-state index in [4.69, 9.17) is 9.72 Å². The van der Waals surface area contributed by atoms with Crippen molar-refractivity contribution in [2.24, 2.45) is 0 Å². The van der Waals surface area contributed by atoms with Gasteiger partial charge in [0, 0.05) is 18.3 Å². The molecule has 0 bridgehead atoms. The molecule has 0 saturated carbocycles. The Morgan fingerprint density at radius 1 is 1.03 bits per heavy atom. The standard InChI is InChI=1S/C24H23N3O2S/c1-29-20-11-7-10-19(16-20)25-23(28)17-30-24-26-21-12-5-6-13-22(21)27(24)15-14-18-8-3-2-4-9-18/h2-13,16H,14-15,17H2,1H3,(H,25,28). The van der Waals surface area contributed by atoms with Gasteiger partial charge in [0.05, 0.1) is 23.9 Å². The Morgan fingerprint density at radius 3 is 2.67 bits per heavy atom. The molecule has 1 aromatic heterocycles. The molecule has 0 radical (unpaired) electrons. The minimum atomic E-state index is -0.0741. The molecule has 0 aliphatic carbocycles. The molecule has 1 N–H and O–H groups in total. The predicted molar refractivity (Wildman–Crippen MR) is 122 cm³/mol. The van der Waals surface area contributed by atoms with Crippen LogP contribution in [0.5, 0.6) is 5.75 Å². The molecule has 1 heterocycles. The summed E-state index contributed by atoms with van der Waals surface area (Å²) >= 11 is 1.45. The van der Waals surface area contributed by atoms with Gasteiger partial charge < -0.3 is 14.6 Å². The molecule has 1 amide bonds. The molecule has 0 unspecified atom stereocenters. The number of imidazole rings is 1. The zero-order chi connectivity index (χ0) is 20.8. The first kappa shape index (κ1) is 20.0. The van der Waals surface area contributed by atoms with Gasteiger partial charge in [0.2, 0.25) is 5.91 Å². The van der Waals surface area contributed by atoms with Crippen LogP contribution in [0.3, 0.4) is 0 Å². The number of anilines is 1. The number of carbonyl (C=O) groups excluding carboxylic acids is 1. The number of nitrogens with zero attached hydrogens (tertiary/aromatic N) is 2. The topological polar surface area (TPSA) is 56.1 Å². The predicted octanol–water partition coefficient (Wildman–Crippen LogP) is 5.02. The quantitative estimate of drug-likeness (QED) is 0.409. The normalized spacial score (nSPS) is 10.8. The van der Waals surface area contributed by atoms with Crippen molar-refractivity contribution in [1.82, 2.24) is 9.55 Å². The summed E-state index contributed by atoms with van der Waals surface area (Å²) in [6.45, 7) is 0.810. The number of amides is 1. The number of ether oxygens (including phenoxy) is 1. The van der Waals surface area contributed by atoms with Gasteiger partial charge in [-0.15, -0.1) is 0 Å². The average molecular weight is 418 g/mol. The van der Waals surface area contributed by atoms with E-state index in [0.29, 0.717) is 5.75 Å². The number of nitrogens with one attached hydrogen (secondary N) is 1. The SMILES string of the molecule is COc1cccc(NC(=O)CSc2nc3ccccc3n2CCc2ccccc2)c1. The second-order valence-electron chi connectivity index (χ2n) is 6.84. The highest BCUT2D eigenvalue weighted by Crippen LogP contribution is 2.25. The van der Waals surface area contributed by atoms with Gasteiger partial charge in [-0.25, -0.2) is 4.98 Å². The highest BCUT2D eigenvalue weighted by Gasteiger charge is 2.13. The van der Waals surface area contributed by atoms with Crippen LogP contribution in [-0.2, 0) is 17.8 Å². The van der Waals surface area contributed by atoms with Crippen LogP contribution >= 0.6 is 11.8 Å². The first-order valence-corrected chi connectivity index (χ1v) is 10.8. The fourth-order valence-electron chi connectivity index (χ4n) is 3.29. The van der Waals surface area contributed by atoms with E-state index in [-0.39, 0.29) is 11.7 Å². The maximum atomic E-state index is 12.5. The number of aryl methyl sites for hydroxylation is 2. The molecule has 0 saturated heterocycles. The zero-order valence-corrected chi connectivity index (χ0v) is 17.6. The molecule has 0 fully saturated rings. The Bertz CT molecular complexity index is 1140. The maximum absolute atomic E-state index is 12.5. The largest absolute Gasteiger partial charge is 0.497 e. The monoisotopic (exact) mass is 417 g/mol. The molecular formula is C24H23N3O2S. The summed E-state index contributed by atoms with van der Waals surface area (Å²) in [7, 11) is 1.61. The summed E-state index contributed by atoms with van der Waals surface area (Å²) in [5.74, 6) is 0.921. The van der Waals surface area contributed by atoms with Crippen molar-refractivity contribution in [2.45, 2.75) is 18.1 Å². The van der Waals surface area contributed by atoms with E-state index in [0.717, 1.165) is 34.8 Å². The van der Waals surface area contributed by atoms with Gasteiger partial charge in [-0.2, -0.15) is 0 Å². The number of benzene rings is 3. The minimum Gasteiger partial charge on any atom is -0.497 e. The molecule has 4 aromatic rings. The Hall–Kier alpha value is -3.25. The summed E-state index contributed by atoms with van der Waals surface area (Å²) in [6.07, 6.45) is 0.908. The average Bonchev–Trinajstić information content (AvgIpc) is 3.14. The van der Waals surface area contributed by atoms with Crippen LogP contribution < -0.4 is 10.1 Å². The lowest BCUT2D eigenvalue weighted by atomic mass is 10.1. The summed E-state index contributed by atoms with van der Waals surface area (Å²) in [4.78, 5) is 17.2. The molecule has 30 heavy (non-hydrogen) atoms. The van der Waals surface area contributed by atoms with Gasteiger partial charge in [-0.05, 0) is 36.2 Å². The number of para-hydroxylation sites is 2. The van der Waals surface area contributed by atoms with E-state index in [9.17, 15) is 4.79 Å². The van der Waals surface area contributed by atoms with Crippen LogP contribution in [-0.4, -0.2) is 28.3 Å². The van der Waals surface area contributed by atoms with E-state index in [1.807, 2.05) is 42.5 Å². The van der Waals surface area contributed by atoms with E-state index in [2.05, 4.69) is 40.2 Å². The molecule has 6 heteroatoms. The van der Waals surface area contributed by atoms with Gasteiger partial charge in [0.15, 0.2) is 5.16 Å². The fourth-order valence-corrected chi connectivity index (χ4v) is 4.13. The number of hydrogen-bond acceptors (Lipinski definition) is 4. The lowest BCUT2D eigenvalue weighted by Crippen LogP contribution is -2.14. The summed E-state index contributed by atoms with van der Waals surface area (Å²) in [5.41, 5.74) is 4.03. The summed E-state index contributed by atoms with van der Waals surface area (Å²) in [5, 5.41) is 3.78. The third-order valence-electron chi connectivity index (χ3n) is 4.77. The van der Waals surface area contributed by atoms with Crippen LogP contribution in [0.4, 0.5) is 5.69 Å². The molecule has 3 aromatic carbocycles. The van der Waals surface area contributed by atoms with Crippen molar-refractivity contribution in [1.29, 1.82) is 0 Å². The van der Waals surface area contributed by atoms with E-state index < -0.39 is 0 Å². The van der Waals surface area contributed by atoms with Crippen molar-refractivity contribution in [3.05, 3.63) is 84.4 Å². The highest BCUT2D eigenvalue weighted by molar-refractivity contribution is 7.99. The van der Waals surface area contributed by atoms with Crippen LogP contribution in [0.2, 0.25) is 0 Å². The molecule has 5 nitrogen and oxygen atoms in total. The molecule has 4 rings (SSSR count). The van der Waals surface area contributed by atoms with Crippen LogP contribution in [0.25, 0.3) is 11.0 Å². The van der Waals surface area contributed by atoms with Crippen LogP contribution in [0.1, 0.15) is 5.56 Å². The lowest BCUT2D eigenvalue weighted by Gasteiger charge is -2.10. The molecular weight excluding hydrogens is 394 g/mol. The number of thioether (sulfide) groups is 1. The zero-order valence-electron chi connectivity index (χ0n) is 16.7. The molecule has 0 aliphatic rings. The van der Waals surface area contributed by atoms with E-state index in [1.165, 1.54) is 17.3 Å². The number of aromatic nitrogens is 2. The van der Waals surface area contributed by atoms with Crippen molar-refractivity contribution in [2.75, 3.05) is 18.2 Å². The Kier molecular flexibility index (Phi) is 6.35. The summed E-state index contributed by atoms with van der Waals surface area (Å²) in [6, 6.07) is 25.8. The molecule has 0 atom stereocenters. The van der Waals surface area contributed by atoms with E-state index >= 15 is 0 Å². The molecule has 152 valence electrons. The van der Waals surface area contributed by atoms with Crippen molar-refractivity contribution in [3.63, 3.8) is 0 Å². The Labute approximate surface area is 180 Å². The Morgan fingerprint density at radius 2 is 1.83 bits per heavy atom. The number of methoxy groups -OCH3 is 1. The first-order chi connectivity index (χ1) is 14.7. The van der Waals surface area contributed by atoms with Crippen molar-refractivity contribution >= 4 is 34.4 Å². The fraction of sp³-hybridized carbons (Fsp3) is 0.167. The minimum absolute atomic E-state index is 0.0741. The smallest absolute Gasteiger partial charge is 0.234 e. The Balaban J connectivity index is 1.47. The van der Waals surface area contributed by atoms with Crippen LogP contribution in [0, 0.1) is 0 Å². The third-order valence-corrected chi connectivity index (χ3v) is 5.75. The molecule has 0 aliphatic heterocycles.